The van der Waals surface area contributed by atoms with E-state index in [-0.39, 0.29) is 63.0 Å². The van der Waals surface area contributed by atoms with E-state index in [0.717, 1.165) is 19.3 Å². The van der Waals surface area contributed by atoms with Gasteiger partial charge < -0.3 is 47.4 Å². The van der Waals surface area contributed by atoms with Crippen LogP contribution in [0.15, 0.2) is 0 Å². The fourth-order valence-electron chi connectivity index (χ4n) is 7.33. The van der Waals surface area contributed by atoms with Gasteiger partial charge in [0.2, 0.25) is 41.4 Å². The fraction of sp³-hybridized carbons (Fsp3) is 0.837. The highest BCUT2D eigenvalue weighted by Gasteiger charge is 2.45. The van der Waals surface area contributed by atoms with Gasteiger partial charge in [-0.05, 0) is 57.3 Å². The topological polar surface area (TPSA) is 249 Å². The SMILES string of the molecule is CCCCCCCCCCCC(=O)NC(C)(C)C(=O)N1C[C@@H](O)CC1C(=O)N[C@@H](CC(C)C)C(=O)N[C@H](C(=O)N[C@@H](CCC(N)=O)C(=O)N[C@H](CO)CC(C)C)C(C)C. The second kappa shape index (κ2) is 27.1. The van der Waals surface area contributed by atoms with E-state index in [1.807, 2.05) is 27.7 Å². The van der Waals surface area contributed by atoms with E-state index in [1.165, 1.54) is 37.0 Å². The van der Waals surface area contributed by atoms with Crippen LogP contribution in [-0.4, -0.2) is 111 Å². The van der Waals surface area contributed by atoms with E-state index in [2.05, 4.69) is 33.5 Å². The minimum Gasteiger partial charge on any atom is -0.394 e. The number of hydrogen-bond acceptors (Lipinski definition) is 9. The Labute approximate surface area is 353 Å². The van der Waals surface area contributed by atoms with Crippen LogP contribution in [0, 0.1) is 17.8 Å². The summed E-state index contributed by atoms with van der Waals surface area (Å²) in [6, 6.07) is -5.19. The highest BCUT2D eigenvalue weighted by atomic mass is 16.3. The molecule has 6 atom stereocenters. The molecule has 1 saturated heterocycles. The standard InChI is InChI=1S/C43H79N7O9/c1-10-11-12-13-14-15-16-17-18-19-36(54)49-43(8,9)42(59)50-25-31(52)24-34(50)40(57)47-33(23-28(4)5)39(56)48-37(29(6)7)41(58)46-32(20-21-35(44)53)38(55)45-30(26-51)22-27(2)3/h27-34,37,51-52H,10-26H2,1-9H3,(H2,44,53)(H,45,55)(H,46,58)(H,47,57)(H,48,56)(H,49,54)/t30-,31-,32-,33-,34?,37-/m0/s1. The lowest BCUT2D eigenvalue weighted by molar-refractivity contribution is -0.145. The second-order valence-corrected chi connectivity index (χ2v) is 18.1. The van der Waals surface area contributed by atoms with Gasteiger partial charge in [-0.15, -0.1) is 0 Å². The molecule has 0 saturated carbocycles. The van der Waals surface area contributed by atoms with Crippen LogP contribution in [0.4, 0.5) is 0 Å². The van der Waals surface area contributed by atoms with Crippen molar-refractivity contribution in [2.75, 3.05) is 13.2 Å². The van der Waals surface area contributed by atoms with Crippen molar-refractivity contribution < 1.29 is 43.8 Å². The Kier molecular flexibility index (Phi) is 24.5. The number of carbonyl (C=O) groups is 7. The predicted molar refractivity (Wildman–Crippen MR) is 227 cm³/mol. The normalized spacial score (nSPS) is 17.6. The van der Waals surface area contributed by atoms with Gasteiger partial charge in [0.1, 0.15) is 29.7 Å². The molecular formula is C43H79N7O9. The summed E-state index contributed by atoms with van der Waals surface area (Å²) in [6.45, 7) is 15.8. The van der Waals surface area contributed by atoms with Crippen LogP contribution in [-0.2, 0) is 33.6 Å². The van der Waals surface area contributed by atoms with E-state index in [1.54, 1.807) is 27.7 Å². The number of nitrogens with zero attached hydrogens (tertiary/aromatic N) is 1. The molecule has 7 amide bonds. The van der Waals surface area contributed by atoms with Crippen LogP contribution < -0.4 is 32.3 Å². The van der Waals surface area contributed by atoms with Crippen LogP contribution in [0.3, 0.4) is 0 Å². The van der Waals surface area contributed by atoms with Gasteiger partial charge in [0, 0.05) is 25.8 Å². The number of nitrogens with two attached hydrogens (primary N) is 1. The zero-order valence-corrected chi connectivity index (χ0v) is 37.5. The van der Waals surface area contributed by atoms with Gasteiger partial charge in [-0.2, -0.15) is 0 Å². The summed E-state index contributed by atoms with van der Waals surface area (Å²) in [6.07, 6.45) is 9.48. The first-order valence-electron chi connectivity index (χ1n) is 22.0. The number of unbranched alkanes of at least 4 members (excludes halogenated alkanes) is 8. The van der Waals surface area contributed by atoms with Gasteiger partial charge in [-0.3, -0.25) is 33.6 Å². The van der Waals surface area contributed by atoms with E-state index < -0.39 is 83.2 Å². The van der Waals surface area contributed by atoms with E-state index >= 15 is 0 Å². The number of rotatable bonds is 29. The molecule has 0 radical (unpaired) electrons. The Hall–Kier alpha value is -3.79. The molecule has 340 valence electrons. The molecule has 0 spiro atoms. The monoisotopic (exact) mass is 838 g/mol. The number of amides is 7. The first-order valence-corrected chi connectivity index (χ1v) is 22.0. The molecule has 0 aromatic heterocycles. The van der Waals surface area contributed by atoms with Crippen molar-refractivity contribution in [3.8, 4) is 0 Å². The molecule has 1 aliphatic heterocycles. The average molecular weight is 838 g/mol. The lowest BCUT2D eigenvalue weighted by Gasteiger charge is -2.34. The minimum atomic E-state index is -1.37. The van der Waals surface area contributed by atoms with E-state index in [9.17, 15) is 43.8 Å². The number of primary amides is 1. The zero-order valence-electron chi connectivity index (χ0n) is 37.5. The third kappa shape index (κ3) is 20.4. The quantitative estimate of drug-likeness (QED) is 0.0516. The third-order valence-electron chi connectivity index (χ3n) is 10.6. The molecular weight excluding hydrogens is 759 g/mol. The largest absolute Gasteiger partial charge is 0.394 e. The Morgan fingerprint density at radius 2 is 1.29 bits per heavy atom. The van der Waals surface area contributed by atoms with Crippen molar-refractivity contribution in [1.29, 1.82) is 0 Å². The zero-order chi connectivity index (χ0) is 44.9. The van der Waals surface area contributed by atoms with E-state index in [4.69, 9.17) is 5.73 Å². The number of hydrogen-bond donors (Lipinski definition) is 8. The van der Waals surface area contributed by atoms with Crippen LogP contribution in [0.5, 0.6) is 0 Å². The molecule has 0 aromatic carbocycles. The van der Waals surface area contributed by atoms with Gasteiger partial charge in [-0.1, -0.05) is 99.8 Å². The molecule has 1 fully saturated rings. The highest BCUT2D eigenvalue weighted by molar-refractivity contribution is 5.97. The van der Waals surface area contributed by atoms with Crippen molar-refractivity contribution in [2.45, 2.75) is 200 Å². The molecule has 1 heterocycles. The predicted octanol–water partition coefficient (Wildman–Crippen LogP) is 2.71. The molecule has 16 heteroatoms. The summed E-state index contributed by atoms with van der Waals surface area (Å²) in [5.41, 5.74) is 3.97. The maximum atomic E-state index is 13.9. The number of likely N-dealkylation sites (tertiary alicyclic amines) is 1. The average Bonchev–Trinajstić information content (AvgIpc) is 3.54. The maximum Gasteiger partial charge on any atom is 0.248 e. The molecule has 1 rings (SSSR count). The molecule has 0 aliphatic carbocycles. The maximum absolute atomic E-state index is 13.9. The second-order valence-electron chi connectivity index (χ2n) is 18.1. The first kappa shape index (κ1) is 53.2. The van der Waals surface area contributed by atoms with Crippen molar-refractivity contribution in [2.24, 2.45) is 23.5 Å². The van der Waals surface area contributed by atoms with Gasteiger partial charge in [0.15, 0.2) is 0 Å². The summed E-state index contributed by atoms with van der Waals surface area (Å²) in [4.78, 5) is 94.3. The molecule has 1 unspecified atom stereocenters. The van der Waals surface area contributed by atoms with Crippen LogP contribution in [0.25, 0.3) is 0 Å². The molecule has 0 bridgehead atoms. The Balaban J connectivity index is 3.05. The van der Waals surface area contributed by atoms with Crippen molar-refractivity contribution in [1.82, 2.24) is 31.5 Å². The van der Waals surface area contributed by atoms with Gasteiger partial charge in [-0.25, -0.2) is 0 Å². The molecule has 59 heavy (non-hydrogen) atoms. The first-order chi connectivity index (χ1) is 27.6. The van der Waals surface area contributed by atoms with E-state index in [0.29, 0.717) is 12.8 Å². The van der Waals surface area contributed by atoms with Crippen molar-refractivity contribution in [3.63, 3.8) is 0 Å². The van der Waals surface area contributed by atoms with Gasteiger partial charge in [0.25, 0.3) is 0 Å². The Morgan fingerprint density at radius 1 is 0.729 bits per heavy atom. The van der Waals surface area contributed by atoms with Gasteiger partial charge in [0.05, 0.1) is 18.8 Å². The summed E-state index contributed by atoms with van der Waals surface area (Å²) in [5, 5.41) is 34.1. The summed E-state index contributed by atoms with van der Waals surface area (Å²) >= 11 is 0. The summed E-state index contributed by atoms with van der Waals surface area (Å²) in [5.74, 6) is -4.54. The molecule has 9 N–H and O–H groups in total. The lowest BCUT2D eigenvalue weighted by atomic mass is 9.98. The molecule has 16 nitrogen and oxygen atoms in total. The molecule has 1 aliphatic rings. The Morgan fingerprint density at radius 3 is 1.81 bits per heavy atom. The smallest absolute Gasteiger partial charge is 0.248 e. The number of aliphatic hydroxyl groups is 2. The number of carbonyl (C=O) groups excluding carboxylic acids is 7. The summed E-state index contributed by atoms with van der Waals surface area (Å²) in [7, 11) is 0. The third-order valence-corrected chi connectivity index (χ3v) is 10.6. The highest BCUT2D eigenvalue weighted by Crippen LogP contribution is 2.23. The van der Waals surface area contributed by atoms with Gasteiger partial charge >= 0.3 is 0 Å². The van der Waals surface area contributed by atoms with Crippen LogP contribution in [0.2, 0.25) is 0 Å². The fourth-order valence-corrected chi connectivity index (χ4v) is 7.33. The summed E-state index contributed by atoms with van der Waals surface area (Å²) < 4.78 is 0. The number of nitrogens with one attached hydrogen (secondary N) is 5. The number of aliphatic hydroxyl groups excluding tert-OH is 2. The van der Waals surface area contributed by atoms with Crippen molar-refractivity contribution >= 4 is 41.4 Å². The van der Waals surface area contributed by atoms with Crippen LogP contribution in [0.1, 0.15) is 159 Å². The minimum absolute atomic E-state index is 0.0733. The molecule has 0 aromatic rings. The lowest BCUT2D eigenvalue weighted by Crippen LogP contribution is -2.61. The van der Waals surface area contributed by atoms with Crippen LogP contribution >= 0.6 is 0 Å². The Bertz CT molecular complexity index is 1360. The van der Waals surface area contributed by atoms with Crippen molar-refractivity contribution in [3.05, 3.63) is 0 Å². The number of β-amino-alcohol motifs (C(OH)–C–C–N with tert-alkyl or cyclic N) is 1.